The maximum Gasteiger partial charge on any atom is 0.239 e. The van der Waals surface area contributed by atoms with Crippen LogP contribution in [0.2, 0.25) is 0 Å². The molecule has 2 amide bonds. The number of benzene rings is 1. The summed E-state index contributed by atoms with van der Waals surface area (Å²) in [4.78, 5) is 27.7. The van der Waals surface area contributed by atoms with Crippen molar-refractivity contribution in [1.82, 2.24) is 14.8 Å². The third kappa shape index (κ3) is 5.84. The Bertz CT molecular complexity index is 1070. The lowest BCUT2D eigenvalue weighted by Crippen LogP contribution is -2.47. The average Bonchev–Trinajstić information content (AvgIpc) is 3.03. The zero-order chi connectivity index (χ0) is 24.8. The zero-order valence-corrected chi connectivity index (χ0v) is 20.4. The van der Waals surface area contributed by atoms with Gasteiger partial charge in [-0.15, -0.1) is 0 Å². The fourth-order valence-electron chi connectivity index (χ4n) is 4.63. The van der Waals surface area contributed by atoms with Crippen LogP contribution in [0.15, 0.2) is 24.3 Å². The van der Waals surface area contributed by atoms with E-state index in [9.17, 15) is 19.2 Å². The van der Waals surface area contributed by atoms with E-state index in [1.165, 1.54) is 12.1 Å². The molecule has 3 rings (SSSR count). The van der Waals surface area contributed by atoms with E-state index < -0.39 is 0 Å². The number of amides is 2. The van der Waals surface area contributed by atoms with Crippen LogP contribution in [0.3, 0.4) is 0 Å². The van der Waals surface area contributed by atoms with Crippen molar-refractivity contribution < 1.29 is 14.0 Å². The summed E-state index contributed by atoms with van der Waals surface area (Å²) in [6, 6.07) is 8.27. The lowest BCUT2D eigenvalue weighted by molar-refractivity contribution is -0.128. The normalized spacial score (nSPS) is 17.1. The van der Waals surface area contributed by atoms with E-state index in [4.69, 9.17) is 0 Å². The van der Waals surface area contributed by atoms with Crippen molar-refractivity contribution in [2.45, 2.75) is 59.4 Å². The van der Waals surface area contributed by atoms with E-state index in [2.05, 4.69) is 23.6 Å². The Morgan fingerprint density at radius 3 is 2.62 bits per heavy atom. The molecule has 0 bridgehead atoms. The Kier molecular flexibility index (Phi) is 8.46. The number of nitrogens with zero attached hydrogens (tertiary/aromatic N) is 3. The standard InChI is InChI=1S/C26H34FN5O2/c1-5-7-17(2)29-26(34)20-8-6-13-31(15-20)16-24(33)30-25-23(14-28)18(3)19(4)32(25)22-11-9-21(27)10-12-22/h9-12,17,20H,5-8,13,15-16H2,1-4H3,(H,29,34)(H,30,33). The van der Waals surface area contributed by atoms with Gasteiger partial charge in [-0.05, 0) is 76.4 Å². The molecule has 1 aliphatic rings. The van der Waals surface area contributed by atoms with E-state index in [1.54, 1.807) is 16.7 Å². The highest BCUT2D eigenvalue weighted by atomic mass is 19.1. The lowest BCUT2D eigenvalue weighted by Gasteiger charge is -2.32. The van der Waals surface area contributed by atoms with Crippen LogP contribution >= 0.6 is 0 Å². The average molecular weight is 468 g/mol. The molecule has 0 saturated carbocycles. The number of carbonyl (C=O) groups is 2. The molecule has 2 atom stereocenters. The van der Waals surface area contributed by atoms with Crippen LogP contribution in [0.25, 0.3) is 5.69 Å². The molecule has 1 saturated heterocycles. The first-order chi connectivity index (χ1) is 16.2. The Morgan fingerprint density at radius 1 is 1.26 bits per heavy atom. The quantitative estimate of drug-likeness (QED) is 0.613. The van der Waals surface area contributed by atoms with E-state index in [1.807, 2.05) is 25.7 Å². The monoisotopic (exact) mass is 467 g/mol. The molecular weight excluding hydrogens is 433 g/mol. The highest BCUT2D eigenvalue weighted by Gasteiger charge is 2.28. The molecule has 7 nitrogen and oxygen atoms in total. The van der Waals surface area contributed by atoms with Gasteiger partial charge in [0.15, 0.2) is 0 Å². The second kappa shape index (κ2) is 11.3. The molecule has 8 heteroatoms. The predicted molar refractivity (Wildman–Crippen MR) is 130 cm³/mol. The second-order valence-corrected chi connectivity index (χ2v) is 9.18. The van der Waals surface area contributed by atoms with Crippen LogP contribution in [0, 0.1) is 36.9 Å². The first-order valence-electron chi connectivity index (χ1n) is 12.0. The number of anilines is 1. The molecule has 1 aromatic heterocycles. The van der Waals surface area contributed by atoms with Crippen LogP contribution in [0.1, 0.15) is 56.4 Å². The number of halogens is 1. The molecular formula is C26H34FN5O2. The number of aromatic nitrogens is 1. The second-order valence-electron chi connectivity index (χ2n) is 9.18. The Hall–Kier alpha value is -3.18. The summed E-state index contributed by atoms with van der Waals surface area (Å²) in [5.74, 6) is -0.312. The molecule has 34 heavy (non-hydrogen) atoms. The molecule has 182 valence electrons. The number of nitriles is 1. The van der Waals surface area contributed by atoms with E-state index in [0.717, 1.165) is 43.5 Å². The van der Waals surface area contributed by atoms with Crippen LogP contribution in [0.5, 0.6) is 0 Å². The number of hydrogen-bond donors (Lipinski definition) is 2. The Morgan fingerprint density at radius 2 is 1.97 bits per heavy atom. The number of carbonyl (C=O) groups excluding carboxylic acids is 2. The summed E-state index contributed by atoms with van der Waals surface area (Å²) in [6.07, 6.45) is 3.62. The smallest absolute Gasteiger partial charge is 0.239 e. The van der Waals surface area contributed by atoms with E-state index in [0.29, 0.717) is 23.6 Å². The first kappa shape index (κ1) is 25.4. The van der Waals surface area contributed by atoms with Gasteiger partial charge in [0.25, 0.3) is 0 Å². The Balaban J connectivity index is 1.72. The van der Waals surface area contributed by atoms with Gasteiger partial charge in [0.05, 0.1) is 18.0 Å². The van der Waals surface area contributed by atoms with Crippen molar-refractivity contribution in [2.75, 3.05) is 25.0 Å². The third-order valence-electron chi connectivity index (χ3n) is 6.52. The molecule has 0 radical (unpaired) electrons. The number of likely N-dealkylation sites (tertiary alicyclic amines) is 1. The largest absolute Gasteiger partial charge is 0.353 e. The number of nitrogens with one attached hydrogen (secondary N) is 2. The predicted octanol–water partition coefficient (Wildman–Crippen LogP) is 4.06. The zero-order valence-electron chi connectivity index (χ0n) is 20.4. The van der Waals surface area contributed by atoms with Gasteiger partial charge in [0, 0.05) is 24.0 Å². The first-order valence-corrected chi connectivity index (χ1v) is 12.0. The summed E-state index contributed by atoms with van der Waals surface area (Å²) in [5, 5.41) is 15.7. The van der Waals surface area contributed by atoms with E-state index >= 15 is 0 Å². The SMILES string of the molecule is CCCC(C)NC(=O)C1CCCN(CC(=O)Nc2c(C#N)c(C)c(C)n2-c2ccc(F)cc2)C1. The van der Waals surface area contributed by atoms with Gasteiger partial charge in [0.2, 0.25) is 11.8 Å². The molecule has 0 spiro atoms. The highest BCUT2D eigenvalue weighted by Crippen LogP contribution is 2.30. The molecule has 2 heterocycles. The van der Waals surface area contributed by atoms with Crippen molar-refractivity contribution in [3.05, 3.63) is 46.9 Å². The maximum atomic E-state index is 13.5. The fourth-order valence-corrected chi connectivity index (χ4v) is 4.63. The minimum absolute atomic E-state index is 0.0502. The molecule has 1 aliphatic heterocycles. The summed E-state index contributed by atoms with van der Waals surface area (Å²) >= 11 is 0. The van der Waals surface area contributed by atoms with Gasteiger partial charge in [-0.1, -0.05) is 13.3 Å². The third-order valence-corrected chi connectivity index (χ3v) is 6.52. The maximum absolute atomic E-state index is 13.5. The lowest BCUT2D eigenvalue weighted by atomic mass is 9.96. The topological polar surface area (TPSA) is 90.2 Å². The molecule has 1 aromatic carbocycles. The summed E-state index contributed by atoms with van der Waals surface area (Å²) in [5.41, 5.74) is 2.61. The van der Waals surface area contributed by atoms with E-state index in [-0.39, 0.29) is 36.1 Å². The molecule has 2 aromatic rings. The van der Waals surface area contributed by atoms with Crippen molar-refractivity contribution in [3.63, 3.8) is 0 Å². The van der Waals surface area contributed by atoms with Gasteiger partial charge in [-0.3, -0.25) is 19.1 Å². The van der Waals surface area contributed by atoms with Crippen LogP contribution in [-0.2, 0) is 9.59 Å². The van der Waals surface area contributed by atoms with Gasteiger partial charge in [-0.2, -0.15) is 5.26 Å². The van der Waals surface area contributed by atoms with Crippen molar-refractivity contribution in [1.29, 1.82) is 5.26 Å². The molecule has 0 aliphatic carbocycles. The van der Waals surface area contributed by atoms with Crippen molar-refractivity contribution in [2.24, 2.45) is 5.92 Å². The van der Waals surface area contributed by atoms with Gasteiger partial charge < -0.3 is 10.6 Å². The van der Waals surface area contributed by atoms with Crippen molar-refractivity contribution >= 4 is 17.6 Å². The molecule has 2 unspecified atom stereocenters. The highest BCUT2D eigenvalue weighted by molar-refractivity contribution is 5.93. The van der Waals surface area contributed by atoms with Gasteiger partial charge in [0.1, 0.15) is 17.7 Å². The molecule has 1 fully saturated rings. The summed E-state index contributed by atoms with van der Waals surface area (Å²) in [6.45, 7) is 9.20. The van der Waals surface area contributed by atoms with Crippen LogP contribution < -0.4 is 10.6 Å². The van der Waals surface area contributed by atoms with Gasteiger partial charge in [-0.25, -0.2) is 4.39 Å². The number of rotatable bonds is 8. The summed E-state index contributed by atoms with van der Waals surface area (Å²) < 4.78 is 15.2. The number of piperidine rings is 1. The summed E-state index contributed by atoms with van der Waals surface area (Å²) in [7, 11) is 0. The van der Waals surface area contributed by atoms with Crippen LogP contribution in [-0.4, -0.2) is 47.0 Å². The fraction of sp³-hybridized carbons (Fsp3) is 0.500. The minimum Gasteiger partial charge on any atom is -0.353 e. The minimum atomic E-state index is -0.357. The number of hydrogen-bond acceptors (Lipinski definition) is 4. The van der Waals surface area contributed by atoms with Crippen LogP contribution in [0.4, 0.5) is 10.2 Å². The van der Waals surface area contributed by atoms with Crippen molar-refractivity contribution in [3.8, 4) is 11.8 Å². The Labute approximate surface area is 200 Å². The molecule has 2 N–H and O–H groups in total. The van der Waals surface area contributed by atoms with Gasteiger partial charge >= 0.3 is 0 Å².